The van der Waals surface area contributed by atoms with E-state index < -0.39 is 0 Å². The van der Waals surface area contributed by atoms with Gasteiger partial charge in [0.25, 0.3) is 0 Å². The Labute approximate surface area is 137 Å². The minimum absolute atomic E-state index is 0.187. The molecule has 0 bridgehead atoms. The van der Waals surface area contributed by atoms with Gasteiger partial charge in [-0.25, -0.2) is 4.98 Å². The zero-order valence-electron chi connectivity index (χ0n) is 12.4. The minimum Gasteiger partial charge on any atom is -0.383 e. The Hall–Kier alpha value is -2.29. The third-order valence-corrected chi connectivity index (χ3v) is 4.39. The molecule has 0 saturated carbocycles. The Morgan fingerprint density at radius 1 is 0.957 bits per heavy atom. The number of nitrogens with two attached hydrogens (primary N) is 2. The summed E-state index contributed by atoms with van der Waals surface area (Å²) in [5, 5.41) is 6.22. The van der Waals surface area contributed by atoms with E-state index in [9.17, 15) is 9.59 Å². The molecule has 0 atom stereocenters. The molecule has 0 spiro atoms. The van der Waals surface area contributed by atoms with E-state index in [4.69, 9.17) is 11.5 Å². The van der Waals surface area contributed by atoms with Gasteiger partial charge in [-0.05, 0) is 12.1 Å². The number of fused-ring (bicyclic) bond motifs is 2. The first kappa shape index (κ1) is 15.6. The molecule has 0 amide bonds. The van der Waals surface area contributed by atoms with Gasteiger partial charge in [-0.15, -0.1) is 11.3 Å². The van der Waals surface area contributed by atoms with Crippen LogP contribution in [-0.2, 0) is 0 Å². The molecule has 0 unspecified atom stereocenters. The molecule has 1 aliphatic rings. The summed E-state index contributed by atoms with van der Waals surface area (Å²) >= 11 is 1.18. The molecule has 6 N–H and O–H groups in total. The lowest BCUT2D eigenvalue weighted by Gasteiger charge is -2.21. The van der Waals surface area contributed by atoms with Crippen LogP contribution in [0.25, 0.3) is 0 Å². The van der Waals surface area contributed by atoms with E-state index in [2.05, 4.69) is 15.6 Å². The standard InChI is InChI=1S/C15H17N5O2S/c16-3-5-18-8-1-2-9(19-6-4-17)11-10(8)13(21)12-15(14(11)22)23-7-20-12/h1-2,7,18-19H,3-6,16-17H2. The Bertz CT molecular complexity index is 710. The summed E-state index contributed by atoms with van der Waals surface area (Å²) in [4.78, 5) is 30.1. The highest BCUT2D eigenvalue weighted by atomic mass is 32.1. The summed E-state index contributed by atoms with van der Waals surface area (Å²) in [7, 11) is 0. The molecular weight excluding hydrogens is 314 g/mol. The molecule has 7 nitrogen and oxygen atoms in total. The molecule has 8 heteroatoms. The van der Waals surface area contributed by atoms with Crippen molar-refractivity contribution in [1.82, 2.24) is 4.98 Å². The SMILES string of the molecule is NCCNc1ccc(NCCN)c2c1C(=O)c1ncsc1C2=O. The normalized spacial score (nSPS) is 12.8. The summed E-state index contributed by atoms with van der Waals surface area (Å²) in [5.41, 5.74) is 14.7. The second-order valence-corrected chi connectivity index (χ2v) is 5.88. The van der Waals surface area contributed by atoms with Gasteiger partial charge in [-0.3, -0.25) is 9.59 Å². The van der Waals surface area contributed by atoms with Crippen LogP contribution in [0.1, 0.15) is 31.3 Å². The zero-order chi connectivity index (χ0) is 16.4. The van der Waals surface area contributed by atoms with Crippen LogP contribution in [0.4, 0.5) is 11.4 Å². The molecule has 0 saturated heterocycles. The summed E-state index contributed by atoms with van der Waals surface area (Å²) in [6.07, 6.45) is 0. The molecule has 1 aliphatic carbocycles. The molecule has 3 rings (SSSR count). The van der Waals surface area contributed by atoms with Crippen molar-refractivity contribution in [2.75, 3.05) is 36.8 Å². The van der Waals surface area contributed by atoms with Gasteiger partial charge in [0.05, 0.1) is 16.6 Å². The average Bonchev–Trinajstić information content (AvgIpc) is 3.06. The van der Waals surface area contributed by atoms with Crippen molar-refractivity contribution in [1.29, 1.82) is 0 Å². The van der Waals surface area contributed by atoms with Crippen molar-refractivity contribution < 1.29 is 9.59 Å². The summed E-state index contributed by atoms with van der Waals surface area (Å²) in [5.74, 6) is -0.431. The van der Waals surface area contributed by atoms with E-state index >= 15 is 0 Å². The zero-order valence-corrected chi connectivity index (χ0v) is 13.2. The smallest absolute Gasteiger partial charge is 0.215 e. The van der Waals surface area contributed by atoms with Gasteiger partial charge < -0.3 is 22.1 Å². The Kier molecular flexibility index (Phi) is 4.37. The summed E-state index contributed by atoms with van der Waals surface area (Å²) < 4.78 is 0. The highest BCUT2D eigenvalue weighted by Crippen LogP contribution is 2.37. The van der Waals surface area contributed by atoms with Gasteiger partial charge in [0.1, 0.15) is 10.6 Å². The Morgan fingerprint density at radius 3 is 2.09 bits per heavy atom. The maximum atomic E-state index is 12.8. The molecule has 0 aliphatic heterocycles. The van der Waals surface area contributed by atoms with Crippen molar-refractivity contribution in [2.24, 2.45) is 11.5 Å². The van der Waals surface area contributed by atoms with Crippen molar-refractivity contribution in [3.63, 3.8) is 0 Å². The second-order valence-electron chi connectivity index (χ2n) is 5.03. The van der Waals surface area contributed by atoms with E-state index in [1.807, 2.05) is 0 Å². The van der Waals surface area contributed by atoms with Crippen LogP contribution in [-0.4, -0.2) is 42.7 Å². The van der Waals surface area contributed by atoms with Crippen LogP contribution in [0.15, 0.2) is 17.6 Å². The number of carbonyl (C=O) groups is 2. The number of benzene rings is 1. The number of aromatic nitrogens is 1. The molecule has 23 heavy (non-hydrogen) atoms. The molecular formula is C15H17N5O2S. The lowest BCUT2D eigenvalue weighted by Crippen LogP contribution is -2.25. The van der Waals surface area contributed by atoms with Crippen LogP contribution in [0.2, 0.25) is 0 Å². The van der Waals surface area contributed by atoms with Gasteiger partial charge in [0.15, 0.2) is 0 Å². The number of carbonyl (C=O) groups excluding carboxylic acids is 2. The van der Waals surface area contributed by atoms with Crippen molar-refractivity contribution in [2.45, 2.75) is 0 Å². The highest BCUT2D eigenvalue weighted by Gasteiger charge is 2.36. The number of hydrogen-bond donors (Lipinski definition) is 4. The molecule has 120 valence electrons. The van der Waals surface area contributed by atoms with Crippen molar-refractivity contribution >= 4 is 34.3 Å². The van der Waals surface area contributed by atoms with Gasteiger partial charge in [-0.1, -0.05) is 0 Å². The molecule has 1 aromatic heterocycles. The van der Waals surface area contributed by atoms with Crippen LogP contribution in [0.3, 0.4) is 0 Å². The van der Waals surface area contributed by atoms with Gasteiger partial charge in [-0.2, -0.15) is 0 Å². The predicted octanol–water partition coefficient (Wildman–Crippen LogP) is 0.660. The number of thiazole rings is 1. The van der Waals surface area contributed by atoms with Crippen molar-refractivity contribution in [3.8, 4) is 0 Å². The van der Waals surface area contributed by atoms with Gasteiger partial charge in [0.2, 0.25) is 11.6 Å². The maximum Gasteiger partial charge on any atom is 0.215 e. The average molecular weight is 331 g/mol. The fourth-order valence-corrected chi connectivity index (χ4v) is 3.31. The molecule has 0 radical (unpaired) electrons. The number of hydrogen-bond acceptors (Lipinski definition) is 8. The second kappa shape index (κ2) is 6.45. The Morgan fingerprint density at radius 2 is 1.52 bits per heavy atom. The van der Waals surface area contributed by atoms with Crippen LogP contribution in [0.5, 0.6) is 0 Å². The molecule has 1 aromatic carbocycles. The van der Waals surface area contributed by atoms with E-state index in [1.54, 1.807) is 12.1 Å². The summed E-state index contributed by atoms with van der Waals surface area (Å²) in [6.45, 7) is 1.87. The fraction of sp³-hybridized carbons (Fsp3) is 0.267. The maximum absolute atomic E-state index is 12.8. The topological polar surface area (TPSA) is 123 Å². The Balaban J connectivity index is 2.16. The monoisotopic (exact) mass is 331 g/mol. The van der Waals surface area contributed by atoms with Gasteiger partial charge >= 0.3 is 0 Å². The number of ketones is 2. The third kappa shape index (κ3) is 2.61. The van der Waals surface area contributed by atoms with E-state index in [0.717, 1.165) is 0 Å². The number of anilines is 2. The first-order chi connectivity index (χ1) is 11.2. The molecule has 0 fully saturated rings. The first-order valence-electron chi connectivity index (χ1n) is 7.26. The predicted molar refractivity (Wildman–Crippen MR) is 90.5 cm³/mol. The number of nitrogens with zero attached hydrogens (tertiary/aromatic N) is 1. The number of nitrogens with one attached hydrogen (secondary N) is 2. The lowest BCUT2D eigenvalue weighted by molar-refractivity contribution is 0.0980. The third-order valence-electron chi connectivity index (χ3n) is 3.57. The quantitative estimate of drug-likeness (QED) is 0.523. The lowest BCUT2D eigenvalue weighted by atomic mass is 9.88. The first-order valence-corrected chi connectivity index (χ1v) is 8.14. The van der Waals surface area contributed by atoms with E-state index in [0.29, 0.717) is 53.6 Å². The molecule has 1 heterocycles. The van der Waals surface area contributed by atoms with Crippen LogP contribution < -0.4 is 22.1 Å². The van der Waals surface area contributed by atoms with Crippen LogP contribution >= 0.6 is 11.3 Å². The van der Waals surface area contributed by atoms with E-state index in [-0.39, 0.29) is 17.3 Å². The van der Waals surface area contributed by atoms with Crippen LogP contribution in [0, 0.1) is 0 Å². The highest BCUT2D eigenvalue weighted by molar-refractivity contribution is 7.12. The summed E-state index contributed by atoms with van der Waals surface area (Å²) in [6, 6.07) is 3.56. The minimum atomic E-state index is -0.244. The van der Waals surface area contributed by atoms with E-state index in [1.165, 1.54) is 16.8 Å². The number of rotatable bonds is 6. The molecule has 2 aromatic rings. The van der Waals surface area contributed by atoms with Crippen molar-refractivity contribution in [3.05, 3.63) is 39.3 Å². The largest absolute Gasteiger partial charge is 0.383 e. The fourth-order valence-electron chi connectivity index (χ4n) is 2.58. The van der Waals surface area contributed by atoms with Gasteiger partial charge in [0, 0.05) is 37.6 Å².